The number of benzene rings is 2. The summed E-state index contributed by atoms with van der Waals surface area (Å²) >= 11 is 5.91. The van der Waals surface area contributed by atoms with Crippen molar-refractivity contribution in [3.8, 4) is 5.69 Å². The molecule has 0 atom stereocenters. The summed E-state index contributed by atoms with van der Waals surface area (Å²) in [6, 6.07) is 9.15. The number of imidazole rings is 1. The Bertz CT molecular complexity index is 796. The number of nitrogens with zero attached hydrogens (tertiary/aromatic N) is 2. The molecule has 0 N–H and O–H groups in total. The molecule has 2 aromatic carbocycles. The summed E-state index contributed by atoms with van der Waals surface area (Å²) in [6.45, 7) is 1.69. The normalized spacial score (nSPS) is 11.2. The van der Waals surface area contributed by atoms with E-state index in [0.717, 1.165) is 11.2 Å². The number of fused-ring (bicyclic) bond motifs is 1. The van der Waals surface area contributed by atoms with Gasteiger partial charge in [0, 0.05) is 11.8 Å². The highest BCUT2D eigenvalue weighted by Gasteiger charge is 2.13. The number of aromatic nitrogens is 2. The standard InChI is InChI=1S/C15H11ClF2N2/c1-9-6-11(3-4-12(9)18)20-14-5-2-10(17)7-13(14)19-15(20)8-16/h2-7H,8H2,1H3. The van der Waals surface area contributed by atoms with Gasteiger partial charge < -0.3 is 0 Å². The molecular formula is C15H11ClF2N2. The molecule has 0 spiro atoms. The first-order chi connectivity index (χ1) is 9.60. The Morgan fingerprint density at radius 2 is 1.95 bits per heavy atom. The van der Waals surface area contributed by atoms with E-state index in [1.165, 1.54) is 18.2 Å². The van der Waals surface area contributed by atoms with E-state index in [-0.39, 0.29) is 17.5 Å². The Labute approximate surface area is 119 Å². The molecule has 0 radical (unpaired) electrons. The second-order valence-corrected chi connectivity index (χ2v) is 4.83. The van der Waals surface area contributed by atoms with Gasteiger partial charge in [0.2, 0.25) is 0 Å². The first-order valence-electron chi connectivity index (χ1n) is 6.09. The van der Waals surface area contributed by atoms with Crippen LogP contribution in [0.2, 0.25) is 0 Å². The molecule has 0 aliphatic heterocycles. The number of aryl methyl sites for hydroxylation is 1. The van der Waals surface area contributed by atoms with Crippen LogP contribution >= 0.6 is 11.6 Å². The molecule has 0 fully saturated rings. The average Bonchev–Trinajstić information content (AvgIpc) is 2.79. The Hall–Kier alpha value is -1.94. The predicted molar refractivity (Wildman–Crippen MR) is 75.3 cm³/mol. The summed E-state index contributed by atoms with van der Waals surface area (Å²) in [5.41, 5.74) is 2.57. The molecule has 3 rings (SSSR count). The Balaban J connectivity index is 2.30. The lowest BCUT2D eigenvalue weighted by Gasteiger charge is -2.09. The van der Waals surface area contributed by atoms with E-state index in [1.807, 2.05) is 4.57 Å². The Kier molecular flexibility index (Phi) is 3.18. The van der Waals surface area contributed by atoms with Gasteiger partial charge in [0.15, 0.2) is 0 Å². The zero-order valence-electron chi connectivity index (χ0n) is 10.7. The summed E-state index contributed by atoms with van der Waals surface area (Å²) in [5, 5.41) is 0. The van der Waals surface area contributed by atoms with Crippen LogP contribution in [0.3, 0.4) is 0 Å². The lowest BCUT2D eigenvalue weighted by atomic mass is 10.2. The minimum absolute atomic E-state index is 0.187. The van der Waals surface area contributed by atoms with Gasteiger partial charge in [-0.2, -0.15) is 0 Å². The first-order valence-corrected chi connectivity index (χ1v) is 6.63. The fourth-order valence-corrected chi connectivity index (χ4v) is 2.43. The molecule has 0 aliphatic carbocycles. The first kappa shape index (κ1) is 13.1. The van der Waals surface area contributed by atoms with E-state index < -0.39 is 0 Å². The number of halogens is 3. The van der Waals surface area contributed by atoms with Crippen LogP contribution < -0.4 is 0 Å². The molecule has 1 aromatic heterocycles. The maximum Gasteiger partial charge on any atom is 0.129 e. The molecule has 0 bridgehead atoms. The van der Waals surface area contributed by atoms with Crippen LogP contribution in [0.5, 0.6) is 0 Å². The molecule has 0 saturated heterocycles. The van der Waals surface area contributed by atoms with E-state index in [9.17, 15) is 8.78 Å². The third kappa shape index (κ3) is 2.06. The highest BCUT2D eigenvalue weighted by molar-refractivity contribution is 6.17. The zero-order valence-corrected chi connectivity index (χ0v) is 11.5. The molecule has 0 unspecified atom stereocenters. The van der Waals surface area contributed by atoms with Gasteiger partial charge in [-0.05, 0) is 42.8 Å². The van der Waals surface area contributed by atoms with Gasteiger partial charge in [-0.15, -0.1) is 11.6 Å². The highest BCUT2D eigenvalue weighted by atomic mass is 35.5. The van der Waals surface area contributed by atoms with E-state index in [0.29, 0.717) is 16.9 Å². The molecule has 0 aliphatic rings. The quantitative estimate of drug-likeness (QED) is 0.642. The molecule has 0 saturated carbocycles. The van der Waals surface area contributed by atoms with Crippen LogP contribution in [0.15, 0.2) is 36.4 Å². The molecule has 0 amide bonds. The Morgan fingerprint density at radius 3 is 2.65 bits per heavy atom. The van der Waals surface area contributed by atoms with E-state index in [4.69, 9.17) is 11.6 Å². The highest BCUT2D eigenvalue weighted by Crippen LogP contribution is 2.24. The largest absolute Gasteiger partial charge is 0.295 e. The number of hydrogen-bond acceptors (Lipinski definition) is 1. The summed E-state index contributed by atoms with van der Waals surface area (Å²) in [7, 11) is 0. The van der Waals surface area contributed by atoms with Crippen LogP contribution in [0.1, 0.15) is 11.4 Å². The number of rotatable bonds is 2. The van der Waals surface area contributed by atoms with Gasteiger partial charge in [0.25, 0.3) is 0 Å². The third-order valence-electron chi connectivity index (χ3n) is 3.21. The minimum atomic E-state index is -0.349. The lowest BCUT2D eigenvalue weighted by molar-refractivity contribution is 0.618. The monoisotopic (exact) mass is 292 g/mol. The van der Waals surface area contributed by atoms with Crippen LogP contribution in [-0.4, -0.2) is 9.55 Å². The molecule has 3 aromatic rings. The SMILES string of the molecule is Cc1cc(-n2c(CCl)nc3cc(F)ccc32)ccc1F. The van der Waals surface area contributed by atoms with E-state index in [2.05, 4.69) is 4.98 Å². The summed E-state index contributed by atoms with van der Waals surface area (Å²) in [5.74, 6) is 0.167. The Morgan fingerprint density at radius 1 is 1.15 bits per heavy atom. The van der Waals surface area contributed by atoms with Gasteiger partial charge in [0.05, 0.1) is 16.9 Å². The van der Waals surface area contributed by atoms with E-state index in [1.54, 1.807) is 25.1 Å². The summed E-state index contributed by atoms with van der Waals surface area (Å²) in [4.78, 5) is 4.32. The van der Waals surface area contributed by atoms with Crippen molar-refractivity contribution in [3.63, 3.8) is 0 Å². The van der Waals surface area contributed by atoms with Gasteiger partial charge in [0.1, 0.15) is 17.5 Å². The van der Waals surface area contributed by atoms with Gasteiger partial charge in [-0.1, -0.05) is 0 Å². The molecule has 5 heteroatoms. The van der Waals surface area contributed by atoms with Gasteiger partial charge in [-0.25, -0.2) is 13.8 Å². The van der Waals surface area contributed by atoms with E-state index >= 15 is 0 Å². The van der Waals surface area contributed by atoms with Crippen LogP contribution in [-0.2, 0) is 5.88 Å². The minimum Gasteiger partial charge on any atom is -0.295 e. The fraction of sp³-hybridized carbons (Fsp3) is 0.133. The van der Waals surface area contributed by atoms with Crippen LogP contribution in [0.25, 0.3) is 16.7 Å². The van der Waals surface area contributed by atoms with Crippen molar-refractivity contribution in [1.29, 1.82) is 0 Å². The van der Waals surface area contributed by atoms with Crippen molar-refractivity contribution in [3.05, 3.63) is 59.4 Å². The van der Waals surface area contributed by atoms with Gasteiger partial charge >= 0.3 is 0 Å². The number of hydrogen-bond donors (Lipinski definition) is 0. The maximum atomic E-state index is 13.4. The van der Waals surface area contributed by atoms with Crippen molar-refractivity contribution in [2.24, 2.45) is 0 Å². The van der Waals surface area contributed by atoms with Crippen molar-refractivity contribution in [1.82, 2.24) is 9.55 Å². The zero-order chi connectivity index (χ0) is 14.3. The second-order valence-electron chi connectivity index (χ2n) is 4.56. The summed E-state index contributed by atoms with van der Waals surface area (Å²) < 4.78 is 28.5. The summed E-state index contributed by atoms with van der Waals surface area (Å²) in [6.07, 6.45) is 0. The smallest absolute Gasteiger partial charge is 0.129 e. The van der Waals surface area contributed by atoms with Crippen molar-refractivity contribution >= 4 is 22.6 Å². The average molecular weight is 293 g/mol. The molecule has 102 valence electrons. The van der Waals surface area contributed by atoms with Crippen molar-refractivity contribution in [2.45, 2.75) is 12.8 Å². The fourth-order valence-electron chi connectivity index (χ4n) is 2.25. The second kappa shape index (κ2) is 4.87. The molecule has 1 heterocycles. The van der Waals surface area contributed by atoms with Crippen molar-refractivity contribution < 1.29 is 8.78 Å². The molecule has 20 heavy (non-hydrogen) atoms. The molecule has 2 nitrogen and oxygen atoms in total. The van der Waals surface area contributed by atoms with Crippen molar-refractivity contribution in [2.75, 3.05) is 0 Å². The topological polar surface area (TPSA) is 17.8 Å². The lowest BCUT2D eigenvalue weighted by Crippen LogP contribution is -2.00. The maximum absolute atomic E-state index is 13.4. The third-order valence-corrected chi connectivity index (χ3v) is 3.44. The van der Waals surface area contributed by atoms with Gasteiger partial charge in [-0.3, -0.25) is 4.57 Å². The predicted octanol–water partition coefficient (Wildman–Crippen LogP) is 4.35. The number of alkyl halides is 1. The van der Waals surface area contributed by atoms with Crippen LogP contribution in [0, 0.1) is 18.6 Å². The molecular weight excluding hydrogens is 282 g/mol. The van der Waals surface area contributed by atoms with Crippen LogP contribution in [0.4, 0.5) is 8.78 Å².